The van der Waals surface area contributed by atoms with E-state index < -0.39 is 5.79 Å². The van der Waals surface area contributed by atoms with Crippen molar-refractivity contribution in [3.05, 3.63) is 11.6 Å². The Balaban J connectivity index is 1.37. The third-order valence-electron chi connectivity index (χ3n) is 8.46. The Morgan fingerprint density at radius 3 is 2.65 bits per heavy atom. The van der Waals surface area contributed by atoms with E-state index >= 15 is 0 Å². The largest absolute Gasteiger partial charge is 0.462 e. The van der Waals surface area contributed by atoms with Gasteiger partial charge in [0.15, 0.2) is 5.79 Å². The van der Waals surface area contributed by atoms with Gasteiger partial charge in [0.05, 0.1) is 13.2 Å². The molecule has 5 aliphatic rings. The average molecular weight is 360 g/mol. The van der Waals surface area contributed by atoms with Crippen molar-refractivity contribution in [3.63, 3.8) is 0 Å². The molecule has 0 amide bonds. The molecule has 6 unspecified atom stereocenters. The minimum absolute atomic E-state index is 0.109. The van der Waals surface area contributed by atoms with Crippen LogP contribution in [0.15, 0.2) is 11.6 Å². The predicted molar refractivity (Wildman–Crippen MR) is 97.3 cm³/mol. The van der Waals surface area contributed by atoms with Gasteiger partial charge in [-0.25, -0.2) is 0 Å². The van der Waals surface area contributed by atoms with Crippen LogP contribution < -0.4 is 0 Å². The Bertz CT molecular complexity index is 620. The van der Waals surface area contributed by atoms with Crippen LogP contribution in [0, 0.1) is 29.1 Å². The number of carbonyl (C=O) groups excluding carboxylic acids is 1. The second-order valence-corrected chi connectivity index (χ2v) is 9.57. The van der Waals surface area contributed by atoms with Crippen molar-refractivity contribution in [2.45, 2.75) is 77.1 Å². The van der Waals surface area contributed by atoms with Gasteiger partial charge in [-0.3, -0.25) is 4.79 Å². The summed E-state index contributed by atoms with van der Waals surface area (Å²) < 4.78 is 17.7. The maximum Gasteiger partial charge on any atom is 0.302 e. The smallest absolute Gasteiger partial charge is 0.302 e. The minimum Gasteiger partial charge on any atom is -0.462 e. The molecule has 4 fully saturated rings. The highest BCUT2D eigenvalue weighted by atomic mass is 16.7. The van der Waals surface area contributed by atoms with E-state index in [1.54, 1.807) is 12.5 Å². The number of allylic oxidation sites excluding steroid dienone is 1. The lowest BCUT2D eigenvalue weighted by atomic mass is 9.52. The van der Waals surface area contributed by atoms with Gasteiger partial charge >= 0.3 is 5.97 Å². The second kappa shape index (κ2) is 6.07. The molecule has 26 heavy (non-hydrogen) atoms. The zero-order valence-corrected chi connectivity index (χ0v) is 16.2. The normalized spacial score (nSPS) is 46.2. The van der Waals surface area contributed by atoms with Gasteiger partial charge in [0.25, 0.3) is 0 Å². The molecular formula is C22H32O4. The monoisotopic (exact) mass is 360 g/mol. The number of hydrogen-bond donors (Lipinski definition) is 0. The summed E-state index contributed by atoms with van der Waals surface area (Å²) in [6.07, 6.45) is 12.0. The standard InChI is InChI=1S/C22H32O4/c1-14(23)26-20-6-5-19-18-4-3-15-13-22(24-11-12-25-22)10-8-16(15)17(18)7-9-21(19,20)2/h13,16-20H,3-12H2,1-2H3. The molecule has 0 bridgehead atoms. The van der Waals surface area contributed by atoms with Crippen LogP contribution in [-0.4, -0.2) is 31.1 Å². The summed E-state index contributed by atoms with van der Waals surface area (Å²) >= 11 is 0. The lowest BCUT2D eigenvalue weighted by Gasteiger charge is -2.54. The average Bonchev–Trinajstić information content (AvgIpc) is 3.19. The van der Waals surface area contributed by atoms with E-state index in [0.717, 1.165) is 49.7 Å². The highest BCUT2D eigenvalue weighted by Gasteiger charge is 2.58. The molecule has 5 rings (SSSR count). The van der Waals surface area contributed by atoms with E-state index in [1.165, 1.54) is 38.5 Å². The Labute approximate surface area is 156 Å². The van der Waals surface area contributed by atoms with Gasteiger partial charge in [0.2, 0.25) is 0 Å². The van der Waals surface area contributed by atoms with Crippen LogP contribution in [-0.2, 0) is 19.0 Å². The fourth-order valence-electron chi connectivity index (χ4n) is 7.36. The quantitative estimate of drug-likeness (QED) is 0.518. The van der Waals surface area contributed by atoms with Crippen molar-refractivity contribution in [1.29, 1.82) is 0 Å². The Hall–Kier alpha value is -0.870. The molecule has 6 atom stereocenters. The van der Waals surface area contributed by atoms with Crippen LogP contribution in [0.5, 0.6) is 0 Å². The summed E-state index contributed by atoms with van der Waals surface area (Å²) in [6.45, 7) is 5.43. The van der Waals surface area contributed by atoms with Crippen LogP contribution >= 0.6 is 0 Å². The van der Waals surface area contributed by atoms with Gasteiger partial charge < -0.3 is 14.2 Å². The van der Waals surface area contributed by atoms with Crippen molar-refractivity contribution in [1.82, 2.24) is 0 Å². The summed E-state index contributed by atoms with van der Waals surface area (Å²) in [5, 5.41) is 0. The number of fused-ring (bicyclic) bond motifs is 5. The van der Waals surface area contributed by atoms with Gasteiger partial charge in [-0.2, -0.15) is 0 Å². The second-order valence-electron chi connectivity index (χ2n) is 9.57. The van der Waals surface area contributed by atoms with E-state index in [9.17, 15) is 4.79 Å². The van der Waals surface area contributed by atoms with Gasteiger partial charge in [0.1, 0.15) is 6.10 Å². The van der Waals surface area contributed by atoms with Gasteiger partial charge in [0, 0.05) is 18.8 Å². The number of rotatable bonds is 1. The van der Waals surface area contributed by atoms with Crippen LogP contribution in [0.4, 0.5) is 0 Å². The summed E-state index contributed by atoms with van der Waals surface area (Å²) in [4.78, 5) is 11.6. The van der Waals surface area contributed by atoms with E-state index in [0.29, 0.717) is 0 Å². The first-order valence-electron chi connectivity index (χ1n) is 10.7. The van der Waals surface area contributed by atoms with Crippen molar-refractivity contribution in [2.75, 3.05) is 13.2 Å². The Kier molecular flexibility index (Phi) is 4.02. The highest BCUT2D eigenvalue weighted by Crippen LogP contribution is 2.62. The van der Waals surface area contributed by atoms with Gasteiger partial charge in [-0.05, 0) is 74.7 Å². The molecule has 144 valence electrons. The lowest BCUT2D eigenvalue weighted by molar-refractivity contribution is -0.157. The van der Waals surface area contributed by atoms with E-state index in [4.69, 9.17) is 14.2 Å². The topological polar surface area (TPSA) is 44.8 Å². The van der Waals surface area contributed by atoms with E-state index in [-0.39, 0.29) is 17.5 Å². The number of carbonyl (C=O) groups is 1. The molecule has 4 nitrogen and oxygen atoms in total. The first-order chi connectivity index (χ1) is 12.5. The molecule has 1 aliphatic heterocycles. The van der Waals surface area contributed by atoms with Crippen molar-refractivity contribution in [2.24, 2.45) is 29.1 Å². The predicted octanol–water partition coefficient (Wildman–Crippen LogP) is 4.23. The van der Waals surface area contributed by atoms with Crippen LogP contribution in [0.1, 0.15) is 65.2 Å². The zero-order valence-electron chi connectivity index (χ0n) is 16.2. The number of ether oxygens (including phenoxy) is 3. The minimum atomic E-state index is -0.393. The number of hydrogen-bond acceptors (Lipinski definition) is 4. The first kappa shape index (κ1) is 17.2. The van der Waals surface area contributed by atoms with Crippen LogP contribution in [0.2, 0.25) is 0 Å². The summed E-state index contributed by atoms with van der Waals surface area (Å²) in [6, 6.07) is 0. The molecule has 0 radical (unpaired) electrons. The van der Waals surface area contributed by atoms with Crippen LogP contribution in [0.25, 0.3) is 0 Å². The first-order valence-corrected chi connectivity index (χ1v) is 10.7. The lowest BCUT2D eigenvalue weighted by Crippen LogP contribution is -2.49. The molecule has 1 spiro atoms. The SMILES string of the molecule is CC(=O)OC1CCC2C3CCC4=CC5(CCC4C3CCC12C)OCCO5. The molecule has 1 saturated heterocycles. The summed E-state index contributed by atoms with van der Waals surface area (Å²) in [7, 11) is 0. The number of esters is 1. The summed E-state index contributed by atoms with van der Waals surface area (Å²) in [5.74, 6) is 2.56. The molecule has 4 heteroatoms. The third kappa shape index (κ3) is 2.51. The molecule has 1 heterocycles. The van der Waals surface area contributed by atoms with Crippen molar-refractivity contribution >= 4 is 5.97 Å². The Morgan fingerprint density at radius 1 is 1.08 bits per heavy atom. The maximum absolute atomic E-state index is 11.6. The molecule has 0 aromatic carbocycles. The molecule has 3 saturated carbocycles. The Morgan fingerprint density at radius 2 is 1.88 bits per heavy atom. The van der Waals surface area contributed by atoms with Crippen molar-refractivity contribution < 1.29 is 19.0 Å². The van der Waals surface area contributed by atoms with E-state index in [2.05, 4.69) is 13.0 Å². The van der Waals surface area contributed by atoms with Gasteiger partial charge in [-0.1, -0.05) is 12.5 Å². The molecule has 0 N–H and O–H groups in total. The molecule has 4 aliphatic carbocycles. The zero-order chi connectivity index (χ0) is 17.9. The van der Waals surface area contributed by atoms with Gasteiger partial charge in [-0.15, -0.1) is 0 Å². The molecule has 0 aromatic heterocycles. The van der Waals surface area contributed by atoms with Crippen LogP contribution in [0.3, 0.4) is 0 Å². The molecular weight excluding hydrogens is 328 g/mol. The summed E-state index contributed by atoms with van der Waals surface area (Å²) in [5.41, 5.74) is 1.80. The van der Waals surface area contributed by atoms with Crippen molar-refractivity contribution in [3.8, 4) is 0 Å². The maximum atomic E-state index is 11.6. The fourth-order valence-corrected chi connectivity index (χ4v) is 7.36. The fraction of sp³-hybridized carbons (Fsp3) is 0.864. The van der Waals surface area contributed by atoms with E-state index in [1.807, 2.05) is 0 Å². The molecule has 0 aromatic rings. The highest BCUT2D eigenvalue weighted by molar-refractivity contribution is 5.66. The third-order valence-corrected chi connectivity index (χ3v) is 8.46.